The first kappa shape index (κ1) is 12.2. The maximum atomic E-state index is 5.23. The van der Waals surface area contributed by atoms with Crippen LogP contribution in [0.2, 0.25) is 0 Å². The molecular formula is C10H15BrN2. The Bertz CT molecular complexity index is 269. The van der Waals surface area contributed by atoms with Gasteiger partial charge in [-0.15, -0.1) is 0 Å². The summed E-state index contributed by atoms with van der Waals surface area (Å²) in [7, 11) is 0. The molecule has 3 heteroatoms. The Morgan fingerprint density at radius 1 is 1.23 bits per heavy atom. The van der Waals surface area contributed by atoms with Crippen LogP contribution >= 0.6 is 15.9 Å². The lowest BCUT2D eigenvalue weighted by atomic mass is 10.3. The third-order valence-electron chi connectivity index (χ3n) is 1.24. The monoisotopic (exact) mass is 242 g/mol. The van der Waals surface area contributed by atoms with Gasteiger partial charge in [0.05, 0.1) is 0 Å². The SMILES string of the molecule is CC(/C=C\N)=N/C(C)=C/C=C(\C)Br. The molecule has 0 saturated heterocycles. The van der Waals surface area contributed by atoms with Gasteiger partial charge in [0.15, 0.2) is 0 Å². The lowest BCUT2D eigenvalue weighted by Gasteiger charge is -1.92. The van der Waals surface area contributed by atoms with E-state index in [1.54, 1.807) is 6.08 Å². The Morgan fingerprint density at radius 3 is 2.31 bits per heavy atom. The molecule has 0 saturated carbocycles. The zero-order valence-electron chi connectivity index (χ0n) is 8.21. The Morgan fingerprint density at radius 2 is 1.85 bits per heavy atom. The molecule has 0 fully saturated rings. The number of nitrogens with zero attached hydrogens (tertiary/aromatic N) is 1. The maximum Gasteiger partial charge on any atom is 0.0390 e. The van der Waals surface area contributed by atoms with E-state index < -0.39 is 0 Å². The topological polar surface area (TPSA) is 38.4 Å². The predicted molar refractivity (Wildman–Crippen MR) is 62.9 cm³/mol. The van der Waals surface area contributed by atoms with E-state index in [1.807, 2.05) is 32.9 Å². The van der Waals surface area contributed by atoms with Crippen LogP contribution in [-0.4, -0.2) is 5.71 Å². The van der Waals surface area contributed by atoms with E-state index in [2.05, 4.69) is 20.9 Å². The summed E-state index contributed by atoms with van der Waals surface area (Å²) in [5.74, 6) is 0. The van der Waals surface area contributed by atoms with Crippen molar-refractivity contribution in [2.24, 2.45) is 10.7 Å². The number of halogens is 1. The summed E-state index contributed by atoms with van der Waals surface area (Å²) in [6.45, 7) is 5.83. The molecule has 0 unspecified atom stereocenters. The van der Waals surface area contributed by atoms with Crippen LogP contribution < -0.4 is 5.73 Å². The second-order valence-electron chi connectivity index (χ2n) is 2.67. The van der Waals surface area contributed by atoms with Crippen LogP contribution in [0.25, 0.3) is 0 Å². The lowest BCUT2D eigenvalue weighted by molar-refractivity contribution is 1.30. The van der Waals surface area contributed by atoms with Crippen molar-refractivity contribution in [3.05, 3.63) is 34.6 Å². The normalized spacial score (nSPS) is 15.5. The summed E-state index contributed by atoms with van der Waals surface area (Å²) in [5.41, 5.74) is 7.08. The fraction of sp³-hybridized carbons (Fsp3) is 0.300. The summed E-state index contributed by atoms with van der Waals surface area (Å²) in [5, 5.41) is 0. The van der Waals surface area contributed by atoms with Crippen LogP contribution in [0.15, 0.2) is 39.6 Å². The largest absolute Gasteiger partial charge is 0.405 e. The highest BCUT2D eigenvalue weighted by Gasteiger charge is 1.84. The van der Waals surface area contributed by atoms with Crippen LogP contribution in [0.4, 0.5) is 0 Å². The summed E-state index contributed by atoms with van der Waals surface area (Å²) < 4.78 is 1.08. The Balaban J connectivity index is 4.45. The molecule has 0 spiro atoms. The molecule has 0 amide bonds. The lowest BCUT2D eigenvalue weighted by Crippen LogP contribution is -1.87. The number of hydrogen-bond donors (Lipinski definition) is 1. The number of rotatable bonds is 3. The minimum Gasteiger partial charge on any atom is -0.405 e. The van der Waals surface area contributed by atoms with Crippen molar-refractivity contribution in [2.45, 2.75) is 20.8 Å². The number of hydrogen-bond acceptors (Lipinski definition) is 2. The Hall–Kier alpha value is -0.830. The molecule has 2 nitrogen and oxygen atoms in total. The molecule has 72 valence electrons. The average Bonchev–Trinajstić information content (AvgIpc) is 2.01. The van der Waals surface area contributed by atoms with E-state index in [4.69, 9.17) is 5.73 Å². The fourth-order valence-electron chi connectivity index (χ4n) is 0.727. The first-order valence-electron chi connectivity index (χ1n) is 4.00. The van der Waals surface area contributed by atoms with Crippen LogP contribution in [0, 0.1) is 0 Å². The molecule has 0 aliphatic rings. The van der Waals surface area contributed by atoms with Gasteiger partial charge in [-0.05, 0) is 43.6 Å². The highest BCUT2D eigenvalue weighted by Crippen LogP contribution is 2.04. The highest BCUT2D eigenvalue weighted by molar-refractivity contribution is 9.11. The van der Waals surface area contributed by atoms with E-state index in [1.165, 1.54) is 6.20 Å². The number of aliphatic imine (C=N–C) groups is 1. The van der Waals surface area contributed by atoms with Gasteiger partial charge in [0.25, 0.3) is 0 Å². The third-order valence-corrected chi connectivity index (χ3v) is 1.51. The quantitative estimate of drug-likeness (QED) is 0.600. The summed E-state index contributed by atoms with van der Waals surface area (Å²) in [6, 6.07) is 0. The zero-order chi connectivity index (χ0) is 10.3. The summed E-state index contributed by atoms with van der Waals surface area (Å²) >= 11 is 3.33. The van der Waals surface area contributed by atoms with E-state index in [0.717, 1.165) is 15.9 Å². The third kappa shape index (κ3) is 7.53. The van der Waals surface area contributed by atoms with Gasteiger partial charge < -0.3 is 5.73 Å². The van der Waals surface area contributed by atoms with Crippen molar-refractivity contribution in [3.63, 3.8) is 0 Å². The van der Waals surface area contributed by atoms with Crippen molar-refractivity contribution >= 4 is 21.6 Å². The molecule has 0 aromatic carbocycles. The van der Waals surface area contributed by atoms with E-state index in [9.17, 15) is 0 Å². The second kappa shape index (κ2) is 6.66. The van der Waals surface area contributed by atoms with E-state index in [0.29, 0.717) is 0 Å². The van der Waals surface area contributed by atoms with Crippen molar-refractivity contribution in [1.29, 1.82) is 0 Å². The van der Waals surface area contributed by atoms with Crippen molar-refractivity contribution < 1.29 is 0 Å². The van der Waals surface area contributed by atoms with Gasteiger partial charge in [-0.2, -0.15) is 0 Å². The van der Waals surface area contributed by atoms with Gasteiger partial charge in [-0.3, -0.25) is 4.99 Å². The summed E-state index contributed by atoms with van der Waals surface area (Å²) in [6.07, 6.45) is 7.15. The van der Waals surface area contributed by atoms with Crippen molar-refractivity contribution in [3.8, 4) is 0 Å². The minimum atomic E-state index is 0.900. The molecule has 0 heterocycles. The van der Waals surface area contributed by atoms with E-state index in [-0.39, 0.29) is 0 Å². The molecule has 0 aromatic rings. The van der Waals surface area contributed by atoms with Gasteiger partial charge in [-0.1, -0.05) is 22.0 Å². The fourth-order valence-corrected chi connectivity index (χ4v) is 0.860. The molecule has 0 radical (unpaired) electrons. The van der Waals surface area contributed by atoms with Crippen molar-refractivity contribution in [2.75, 3.05) is 0 Å². The standard InChI is InChI=1S/C10H15BrN2/c1-8(11)4-5-9(2)13-10(3)6-7-12/h4-7H,12H2,1-3H3/b7-6-,8-4+,9-5+,13-10-. The van der Waals surface area contributed by atoms with Crippen LogP contribution in [0.3, 0.4) is 0 Å². The Kier molecular flexibility index (Phi) is 6.24. The number of nitrogens with two attached hydrogens (primary N) is 1. The molecule has 0 aliphatic heterocycles. The molecule has 0 rings (SSSR count). The molecule has 13 heavy (non-hydrogen) atoms. The first-order chi connectivity index (χ1) is 6.06. The molecule has 0 atom stereocenters. The number of allylic oxidation sites excluding steroid dienone is 5. The summed E-state index contributed by atoms with van der Waals surface area (Å²) in [4.78, 5) is 4.28. The highest BCUT2D eigenvalue weighted by atomic mass is 79.9. The molecule has 0 aromatic heterocycles. The minimum absolute atomic E-state index is 0.900. The molecule has 2 N–H and O–H groups in total. The molecule has 0 bridgehead atoms. The smallest absolute Gasteiger partial charge is 0.0390 e. The zero-order valence-corrected chi connectivity index (χ0v) is 9.80. The molecular weight excluding hydrogens is 228 g/mol. The predicted octanol–water partition coefficient (Wildman–Crippen LogP) is 3.12. The Labute approximate surface area is 88.1 Å². The average molecular weight is 243 g/mol. The van der Waals surface area contributed by atoms with Gasteiger partial charge in [0.2, 0.25) is 0 Å². The van der Waals surface area contributed by atoms with Gasteiger partial charge in [0.1, 0.15) is 0 Å². The van der Waals surface area contributed by atoms with Crippen molar-refractivity contribution in [1.82, 2.24) is 0 Å². The van der Waals surface area contributed by atoms with Gasteiger partial charge >= 0.3 is 0 Å². The van der Waals surface area contributed by atoms with Gasteiger partial charge in [0, 0.05) is 11.4 Å². The second-order valence-corrected chi connectivity index (χ2v) is 3.92. The van der Waals surface area contributed by atoms with E-state index >= 15 is 0 Å². The first-order valence-corrected chi connectivity index (χ1v) is 4.80. The van der Waals surface area contributed by atoms with Crippen LogP contribution in [0.5, 0.6) is 0 Å². The van der Waals surface area contributed by atoms with Crippen LogP contribution in [0.1, 0.15) is 20.8 Å². The van der Waals surface area contributed by atoms with Gasteiger partial charge in [-0.25, -0.2) is 0 Å². The molecule has 0 aliphatic carbocycles. The maximum absolute atomic E-state index is 5.23. The van der Waals surface area contributed by atoms with Crippen LogP contribution in [-0.2, 0) is 0 Å².